The standard InChI is InChI=1S/C19H28ClNO3S/c1-5-25-15-7-6-14(10-15)21-19(22)13-8-16(20)18(17(9-13)23-4)24-11-12(2)3/h8-9,12,14-15H,5-7,10-11H2,1-4H3,(H,21,22). The molecule has 0 spiro atoms. The summed E-state index contributed by atoms with van der Waals surface area (Å²) in [6, 6.07) is 3.59. The van der Waals surface area contributed by atoms with Crippen molar-refractivity contribution in [2.24, 2.45) is 5.92 Å². The van der Waals surface area contributed by atoms with Crippen molar-refractivity contribution >= 4 is 29.3 Å². The van der Waals surface area contributed by atoms with Crippen molar-refractivity contribution < 1.29 is 14.3 Å². The molecule has 1 aliphatic carbocycles. The highest BCUT2D eigenvalue weighted by Gasteiger charge is 2.26. The molecule has 1 aliphatic rings. The predicted octanol–water partition coefficient (Wildman–Crippen LogP) is 4.79. The number of benzene rings is 1. The molecule has 25 heavy (non-hydrogen) atoms. The molecule has 1 aromatic carbocycles. The Morgan fingerprint density at radius 2 is 2.16 bits per heavy atom. The second-order valence-corrected chi connectivity index (χ2v) is 8.74. The number of amides is 1. The van der Waals surface area contributed by atoms with Crippen LogP contribution in [0.4, 0.5) is 0 Å². The van der Waals surface area contributed by atoms with Crippen molar-refractivity contribution in [2.45, 2.75) is 51.3 Å². The van der Waals surface area contributed by atoms with E-state index in [0.717, 1.165) is 25.0 Å². The van der Waals surface area contributed by atoms with Crippen LogP contribution in [0, 0.1) is 5.92 Å². The van der Waals surface area contributed by atoms with Crippen molar-refractivity contribution in [3.05, 3.63) is 22.7 Å². The van der Waals surface area contributed by atoms with Crippen LogP contribution in [0.2, 0.25) is 5.02 Å². The fraction of sp³-hybridized carbons (Fsp3) is 0.632. The lowest BCUT2D eigenvalue weighted by atomic mass is 10.1. The molecule has 1 amide bonds. The maximum atomic E-state index is 12.6. The molecule has 0 saturated heterocycles. The molecule has 4 nitrogen and oxygen atoms in total. The number of carbonyl (C=O) groups excluding carboxylic acids is 1. The number of hydrogen-bond donors (Lipinski definition) is 1. The molecular weight excluding hydrogens is 358 g/mol. The zero-order valence-electron chi connectivity index (χ0n) is 15.4. The van der Waals surface area contributed by atoms with E-state index in [0.29, 0.717) is 39.9 Å². The van der Waals surface area contributed by atoms with E-state index in [2.05, 4.69) is 26.1 Å². The van der Waals surface area contributed by atoms with Gasteiger partial charge in [0.1, 0.15) is 0 Å². The second kappa shape index (κ2) is 9.58. The molecular formula is C19H28ClNO3S. The van der Waals surface area contributed by atoms with Crippen molar-refractivity contribution in [3.63, 3.8) is 0 Å². The lowest BCUT2D eigenvalue weighted by Gasteiger charge is -2.17. The number of nitrogens with one attached hydrogen (secondary N) is 1. The number of hydrogen-bond acceptors (Lipinski definition) is 4. The van der Waals surface area contributed by atoms with Gasteiger partial charge in [0.25, 0.3) is 5.91 Å². The van der Waals surface area contributed by atoms with Gasteiger partial charge in [0.15, 0.2) is 11.5 Å². The third-order valence-electron chi connectivity index (χ3n) is 4.17. The summed E-state index contributed by atoms with van der Waals surface area (Å²) in [5.74, 6) is 2.37. The lowest BCUT2D eigenvalue weighted by Crippen LogP contribution is -2.33. The van der Waals surface area contributed by atoms with Crippen molar-refractivity contribution in [1.82, 2.24) is 5.32 Å². The van der Waals surface area contributed by atoms with Gasteiger partial charge in [0.05, 0.1) is 18.7 Å². The molecule has 1 fully saturated rings. The first-order valence-corrected chi connectivity index (χ1v) is 10.3. The zero-order chi connectivity index (χ0) is 18.4. The Morgan fingerprint density at radius 1 is 1.40 bits per heavy atom. The van der Waals surface area contributed by atoms with E-state index in [9.17, 15) is 4.79 Å². The first-order chi connectivity index (χ1) is 11.9. The molecule has 2 rings (SSSR count). The second-order valence-electron chi connectivity index (χ2n) is 6.76. The van der Waals surface area contributed by atoms with Gasteiger partial charge in [-0.1, -0.05) is 32.4 Å². The van der Waals surface area contributed by atoms with E-state index in [1.165, 1.54) is 0 Å². The van der Waals surface area contributed by atoms with Crippen LogP contribution in [0.1, 0.15) is 50.4 Å². The zero-order valence-corrected chi connectivity index (χ0v) is 17.0. The van der Waals surface area contributed by atoms with Crippen molar-refractivity contribution in [1.29, 1.82) is 0 Å². The smallest absolute Gasteiger partial charge is 0.251 e. The van der Waals surface area contributed by atoms with Gasteiger partial charge in [-0.2, -0.15) is 11.8 Å². The molecule has 1 saturated carbocycles. The number of carbonyl (C=O) groups is 1. The van der Waals surface area contributed by atoms with E-state index >= 15 is 0 Å². The van der Waals surface area contributed by atoms with Crippen LogP contribution in [0.25, 0.3) is 0 Å². The molecule has 0 radical (unpaired) electrons. The summed E-state index contributed by atoms with van der Waals surface area (Å²) >= 11 is 8.31. The van der Waals surface area contributed by atoms with Gasteiger partial charge in [-0.15, -0.1) is 0 Å². The summed E-state index contributed by atoms with van der Waals surface area (Å²) in [4.78, 5) is 12.6. The summed E-state index contributed by atoms with van der Waals surface area (Å²) in [5.41, 5.74) is 0.505. The highest BCUT2D eigenvalue weighted by molar-refractivity contribution is 7.99. The average molecular weight is 386 g/mol. The van der Waals surface area contributed by atoms with Crippen molar-refractivity contribution in [3.8, 4) is 11.5 Å². The first kappa shape index (κ1) is 20.2. The Morgan fingerprint density at radius 3 is 2.80 bits per heavy atom. The van der Waals surface area contributed by atoms with Gasteiger partial charge < -0.3 is 14.8 Å². The van der Waals surface area contributed by atoms with Gasteiger partial charge in [-0.05, 0) is 43.1 Å². The molecule has 0 heterocycles. The molecule has 2 unspecified atom stereocenters. The molecule has 2 atom stereocenters. The maximum Gasteiger partial charge on any atom is 0.251 e. The molecule has 0 aliphatic heterocycles. The van der Waals surface area contributed by atoms with Gasteiger partial charge in [0, 0.05) is 16.9 Å². The SMILES string of the molecule is CCSC1CCC(NC(=O)c2cc(Cl)c(OCC(C)C)c(OC)c2)C1. The van der Waals surface area contributed by atoms with Crippen LogP contribution >= 0.6 is 23.4 Å². The van der Waals surface area contributed by atoms with Crippen LogP contribution in [-0.2, 0) is 0 Å². The summed E-state index contributed by atoms with van der Waals surface area (Å²) in [5, 5.41) is 4.18. The van der Waals surface area contributed by atoms with Gasteiger partial charge in [-0.3, -0.25) is 4.79 Å². The van der Waals surface area contributed by atoms with E-state index < -0.39 is 0 Å². The Bertz CT molecular complexity index is 594. The largest absolute Gasteiger partial charge is 0.493 e. The number of methoxy groups -OCH3 is 1. The van der Waals surface area contributed by atoms with E-state index in [4.69, 9.17) is 21.1 Å². The minimum absolute atomic E-state index is 0.109. The number of thioether (sulfide) groups is 1. The molecule has 140 valence electrons. The first-order valence-electron chi connectivity index (χ1n) is 8.87. The molecule has 0 bridgehead atoms. The number of ether oxygens (including phenoxy) is 2. The van der Waals surface area contributed by atoms with Crippen LogP contribution < -0.4 is 14.8 Å². The Labute approximate surface area is 160 Å². The summed E-state index contributed by atoms with van der Waals surface area (Å²) in [6.45, 7) is 6.84. The molecule has 1 aromatic rings. The maximum absolute atomic E-state index is 12.6. The minimum atomic E-state index is -0.109. The third-order valence-corrected chi connectivity index (χ3v) is 5.69. The van der Waals surface area contributed by atoms with Gasteiger partial charge in [0.2, 0.25) is 0 Å². The van der Waals surface area contributed by atoms with E-state index in [-0.39, 0.29) is 11.9 Å². The Balaban J connectivity index is 2.06. The normalized spacial score (nSPS) is 19.9. The number of halogens is 1. The highest BCUT2D eigenvalue weighted by Crippen LogP contribution is 2.37. The minimum Gasteiger partial charge on any atom is -0.493 e. The van der Waals surface area contributed by atoms with E-state index in [1.807, 2.05) is 11.8 Å². The highest BCUT2D eigenvalue weighted by atomic mass is 35.5. The Kier molecular flexibility index (Phi) is 7.76. The van der Waals surface area contributed by atoms with Crippen molar-refractivity contribution in [2.75, 3.05) is 19.5 Å². The van der Waals surface area contributed by atoms with Crippen LogP contribution in [0.15, 0.2) is 12.1 Å². The number of rotatable bonds is 8. The fourth-order valence-electron chi connectivity index (χ4n) is 2.97. The summed E-state index contributed by atoms with van der Waals surface area (Å²) < 4.78 is 11.1. The Hall–Kier alpha value is -1.07. The molecule has 0 aromatic heterocycles. The third kappa shape index (κ3) is 5.71. The van der Waals surface area contributed by atoms with Crippen LogP contribution in [-0.4, -0.2) is 36.7 Å². The monoisotopic (exact) mass is 385 g/mol. The van der Waals surface area contributed by atoms with Crippen LogP contribution in [0.5, 0.6) is 11.5 Å². The summed E-state index contributed by atoms with van der Waals surface area (Å²) in [6.07, 6.45) is 3.23. The van der Waals surface area contributed by atoms with Gasteiger partial charge >= 0.3 is 0 Å². The fourth-order valence-corrected chi connectivity index (χ4v) is 4.38. The van der Waals surface area contributed by atoms with Gasteiger partial charge in [-0.25, -0.2) is 0 Å². The topological polar surface area (TPSA) is 47.6 Å². The van der Waals surface area contributed by atoms with Crippen LogP contribution in [0.3, 0.4) is 0 Å². The average Bonchev–Trinajstić information content (AvgIpc) is 3.00. The predicted molar refractivity (Wildman–Crippen MR) is 105 cm³/mol. The molecule has 6 heteroatoms. The summed E-state index contributed by atoms with van der Waals surface area (Å²) in [7, 11) is 1.55. The van der Waals surface area contributed by atoms with E-state index in [1.54, 1.807) is 19.2 Å². The molecule has 1 N–H and O–H groups in total. The lowest BCUT2D eigenvalue weighted by molar-refractivity contribution is 0.0937. The quantitative estimate of drug-likeness (QED) is 0.699.